The number of carboxylic acid groups (broad SMARTS) is 1. The third-order valence-electron chi connectivity index (χ3n) is 5.72. The minimum Gasteiger partial charge on any atom is -0.543 e. The Hall–Kier alpha value is -2.79. The normalized spacial score (nSPS) is 12.1. The molecule has 0 spiro atoms. The summed E-state index contributed by atoms with van der Waals surface area (Å²) in [5, 5.41) is 11.9. The van der Waals surface area contributed by atoms with Gasteiger partial charge in [0.1, 0.15) is 5.75 Å². The predicted molar refractivity (Wildman–Crippen MR) is 123 cm³/mol. The second-order valence-corrected chi connectivity index (χ2v) is 13.7. The van der Waals surface area contributed by atoms with Gasteiger partial charge in [0.15, 0.2) is 0 Å². The molecule has 0 saturated heterocycles. The van der Waals surface area contributed by atoms with Gasteiger partial charge in [-0.05, 0) is 72.2 Å². The maximum absolute atomic E-state index is 11.9. The summed E-state index contributed by atoms with van der Waals surface area (Å²) in [5.41, 5.74) is 2.33. The summed E-state index contributed by atoms with van der Waals surface area (Å²) in [6.45, 7) is 13.1. The first-order chi connectivity index (χ1) is 13.5. The molecule has 0 aliphatic heterocycles. The molecule has 1 amide bonds. The monoisotopic (exact) mass is 407 g/mol. The Labute approximate surface area is 173 Å². The Morgan fingerprint density at radius 3 is 2.03 bits per heavy atom. The van der Waals surface area contributed by atoms with Crippen molar-refractivity contribution in [1.82, 2.24) is 0 Å². The smallest absolute Gasteiger partial charge is 0.416 e. The number of amides is 1. The Balaban J connectivity index is 1.96. The molecular weight excluding hydrogens is 378 g/mol. The van der Waals surface area contributed by atoms with Crippen LogP contribution < -0.4 is 9.33 Å². The fraction of sp³-hybridized carbons (Fsp3) is 0.292. The Bertz CT molecular complexity index is 1040. The molecule has 0 aliphatic carbocycles. The van der Waals surface area contributed by atoms with E-state index in [-0.39, 0.29) is 5.04 Å². The lowest BCUT2D eigenvalue weighted by Gasteiger charge is -2.36. The maximum Gasteiger partial charge on any atom is 0.416 e. The van der Waals surface area contributed by atoms with Crippen LogP contribution in [0.2, 0.25) is 18.1 Å². The molecule has 1 N–H and O–H groups in total. The molecular formula is C24H29NO3Si. The fourth-order valence-corrected chi connectivity index (χ4v) is 3.95. The average Bonchev–Trinajstić information content (AvgIpc) is 2.62. The number of nitrogens with zero attached hydrogens (tertiary/aromatic N) is 1. The van der Waals surface area contributed by atoms with E-state index in [1.54, 1.807) is 0 Å². The van der Waals surface area contributed by atoms with Crippen LogP contribution in [0, 0.1) is 6.92 Å². The zero-order valence-corrected chi connectivity index (χ0v) is 19.0. The lowest BCUT2D eigenvalue weighted by Crippen LogP contribution is -2.43. The van der Waals surface area contributed by atoms with Gasteiger partial charge in [-0.15, -0.1) is 0 Å². The number of aryl methyl sites for hydroxylation is 1. The summed E-state index contributed by atoms with van der Waals surface area (Å²) in [7, 11) is -1.91. The third kappa shape index (κ3) is 4.45. The SMILES string of the molecule is Cc1ccc(N(C(=O)O)c2ccc3cc(O[Si](C)(C)C(C)(C)C)ccc3c2)cc1. The van der Waals surface area contributed by atoms with Crippen molar-refractivity contribution in [2.24, 2.45) is 0 Å². The summed E-state index contributed by atoms with van der Waals surface area (Å²) in [6, 6.07) is 19.2. The summed E-state index contributed by atoms with van der Waals surface area (Å²) < 4.78 is 6.41. The van der Waals surface area contributed by atoms with Crippen LogP contribution in [-0.2, 0) is 0 Å². The molecule has 0 aromatic heterocycles. The number of carbonyl (C=O) groups is 1. The molecule has 0 atom stereocenters. The third-order valence-corrected chi connectivity index (χ3v) is 10.1. The van der Waals surface area contributed by atoms with E-state index in [9.17, 15) is 9.90 Å². The van der Waals surface area contributed by atoms with E-state index in [4.69, 9.17) is 4.43 Å². The van der Waals surface area contributed by atoms with Gasteiger partial charge in [0.05, 0.1) is 11.4 Å². The second-order valence-electron chi connectivity index (χ2n) is 9.01. The van der Waals surface area contributed by atoms with Crippen molar-refractivity contribution in [3.63, 3.8) is 0 Å². The van der Waals surface area contributed by atoms with Gasteiger partial charge in [-0.1, -0.05) is 50.6 Å². The number of fused-ring (bicyclic) bond motifs is 1. The zero-order valence-electron chi connectivity index (χ0n) is 18.0. The highest BCUT2D eigenvalue weighted by atomic mass is 28.4. The van der Waals surface area contributed by atoms with Gasteiger partial charge < -0.3 is 9.53 Å². The van der Waals surface area contributed by atoms with Crippen LogP contribution in [0.4, 0.5) is 16.2 Å². The van der Waals surface area contributed by atoms with E-state index in [1.165, 1.54) is 4.90 Å². The first-order valence-electron chi connectivity index (χ1n) is 9.80. The Morgan fingerprint density at radius 2 is 1.45 bits per heavy atom. The summed E-state index contributed by atoms with van der Waals surface area (Å²) in [6.07, 6.45) is -1.01. The average molecular weight is 408 g/mol. The Kier molecular flexibility index (Phi) is 5.45. The summed E-state index contributed by atoms with van der Waals surface area (Å²) in [4.78, 5) is 13.2. The standard InChI is InChI=1S/C24H29NO3Si/c1-17-7-11-20(12-8-17)25(23(26)27)21-13-9-19-16-22(14-10-18(19)15-21)28-29(5,6)24(2,3)4/h7-16H,1-6H3,(H,26,27). The molecule has 5 heteroatoms. The van der Waals surface area contributed by atoms with Crippen molar-refractivity contribution in [3.8, 4) is 5.75 Å². The predicted octanol–water partition coefficient (Wildman–Crippen LogP) is 7.35. The van der Waals surface area contributed by atoms with E-state index < -0.39 is 14.4 Å². The largest absolute Gasteiger partial charge is 0.543 e. The molecule has 3 aromatic rings. The van der Waals surface area contributed by atoms with Crippen molar-refractivity contribution < 1.29 is 14.3 Å². The number of anilines is 2. The van der Waals surface area contributed by atoms with Crippen LogP contribution >= 0.6 is 0 Å². The molecule has 0 saturated carbocycles. The lowest BCUT2D eigenvalue weighted by molar-refractivity contribution is 0.205. The highest BCUT2D eigenvalue weighted by molar-refractivity contribution is 6.74. The minimum atomic E-state index is -1.91. The van der Waals surface area contributed by atoms with Crippen LogP contribution in [0.5, 0.6) is 5.75 Å². The van der Waals surface area contributed by atoms with Gasteiger partial charge in [0.25, 0.3) is 0 Å². The number of hydrogen-bond donors (Lipinski definition) is 1. The van der Waals surface area contributed by atoms with Crippen molar-refractivity contribution in [3.05, 3.63) is 66.2 Å². The second kappa shape index (κ2) is 7.56. The van der Waals surface area contributed by atoms with E-state index in [0.29, 0.717) is 11.4 Å². The molecule has 0 unspecified atom stereocenters. The van der Waals surface area contributed by atoms with Gasteiger partial charge in [0, 0.05) is 0 Å². The fourth-order valence-electron chi connectivity index (χ4n) is 2.93. The van der Waals surface area contributed by atoms with Crippen LogP contribution in [0.25, 0.3) is 10.8 Å². The summed E-state index contributed by atoms with van der Waals surface area (Å²) in [5.74, 6) is 0.866. The summed E-state index contributed by atoms with van der Waals surface area (Å²) >= 11 is 0. The highest BCUT2D eigenvalue weighted by Gasteiger charge is 2.38. The topological polar surface area (TPSA) is 49.8 Å². The quantitative estimate of drug-likeness (QED) is 0.460. The van der Waals surface area contributed by atoms with Gasteiger partial charge in [-0.2, -0.15) is 0 Å². The zero-order chi connectivity index (χ0) is 21.4. The molecule has 0 aliphatic rings. The van der Waals surface area contributed by atoms with Gasteiger partial charge >= 0.3 is 6.09 Å². The molecule has 3 rings (SSSR count). The number of rotatable bonds is 4. The molecule has 3 aromatic carbocycles. The molecule has 0 bridgehead atoms. The molecule has 29 heavy (non-hydrogen) atoms. The van der Waals surface area contributed by atoms with Crippen molar-refractivity contribution in [1.29, 1.82) is 0 Å². The van der Waals surface area contributed by atoms with E-state index in [0.717, 1.165) is 22.1 Å². The van der Waals surface area contributed by atoms with E-state index >= 15 is 0 Å². The van der Waals surface area contributed by atoms with Crippen LogP contribution in [0.1, 0.15) is 26.3 Å². The van der Waals surface area contributed by atoms with E-state index in [2.05, 4.69) is 33.9 Å². The van der Waals surface area contributed by atoms with Crippen LogP contribution in [0.15, 0.2) is 60.7 Å². The molecule has 0 heterocycles. The van der Waals surface area contributed by atoms with Crippen LogP contribution in [0.3, 0.4) is 0 Å². The molecule has 152 valence electrons. The Morgan fingerprint density at radius 1 is 0.897 bits per heavy atom. The van der Waals surface area contributed by atoms with Gasteiger partial charge in [-0.3, -0.25) is 0 Å². The van der Waals surface area contributed by atoms with Gasteiger partial charge in [-0.25, -0.2) is 9.69 Å². The lowest BCUT2D eigenvalue weighted by atomic mass is 10.1. The van der Waals surface area contributed by atoms with Crippen LogP contribution in [-0.4, -0.2) is 19.5 Å². The first-order valence-corrected chi connectivity index (χ1v) is 12.7. The number of hydrogen-bond acceptors (Lipinski definition) is 2. The van der Waals surface area contributed by atoms with Crippen molar-refractivity contribution >= 4 is 36.6 Å². The molecule has 0 fully saturated rings. The highest BCUT2D eigenvalue weighted by Crippen LogP contribution is 2.38. The molecule has 4 nitrogen and oxygen atoms in total. The number of benzene rings is 3. The minimum absolute atomic E-state index is 0.127. The first kappa shape index (κ1) is 20.9. The van der Waals surface area contributed by atoms with Crippen molar-refractivity contribution in [2.45, 2.75) is 45.8 Å². The molecule has 0 radical (unpaired) electrons. The van der Waals surface area contributed by atoms with E-state index in [1.807, 2.05) is 67.6 Å². The maximum atomic E-state index is 11.9. The van der Waals surface area contributed by atoms with Crippen molar-refractivity contribution in [2.75, 3.05) is 4.90 Å². The van der Waals surface area contributed by atoms with Gasteiger partial charge in [0.2, 0.25) is 8.32 Å².